The van der Waals surface area contributed by atoms with Gasteiger partial charge in [0.2, 0.25) is 0 Å². The Morgan fingerprint density at radius 2 is 1.19 bits per heavy atom. The van der Waals surface area contributed by atoms with E-state index in [9.17, 15) is 19.5 Å². The van der Waals surface area contributed by atoms with Gasteiger partial charge in [-0.05, 0) is 32.1 Å². The molecular formula is C39H66NO7+. The Hall–Kier alpha value is -2.97. The zero-order valence-electron chi connectivity index (χ0n) is 30.2. The van der Waals surface area contributed by atoms with E-state index in [0.717, 1.165) is 44.9 Å². The highest BCUT2D eigenvalue weighted by molar-refractivity contribution is 5.72. The number of ether oxygens (including phenoxy) is 3. The van der Waals surface area contributed by atoms with Gasteiger partial charge in [0.25, 0.3) is 0 Å². The van der Waals surface area contributed by atoms with E-state index >= 15 is 0 Å². The summed E-state index contributed by atoms with van der Waals surface area (Å²) in [7, 11) is 5.48. The molecule has 0 saturated carbocycles. The van der Waals surface area contributed by atoms with Gasteiger partial charge in [0.05, 0.1) is 34.4 Å². The van der Waals surface area contributed by atoms with Gasteiger partial charge in [0.1, 0.15) is 6.61 Å². The highest BCUT2D eigenvalue weighted by Crippen LogP contribution is 2.12. The van der Waals surface area contributed by atoms with Gasteiger partial charge in [-0.25, -0.2) is 4.79 Å². The first-order valence-corrected chi connectivity index (χ1v) is 17.9. The van der Waals surface area contributed by atoms with Crippen molar-refractivity contribution in [2.45, 2.75) is 129 Å². The van der Waals surface area contributed by atoms with Crippen LogP contribution in [0, 0.1) is 0 Å². The van der Waals surface area contributed by atoms with Crippen LogP contribution in [0.1, 0.15) is 117 Å². The summed E-state index contributed by atoms with van der Waals surface area (Å²) < 4.78 is 17.1. The molecule has 0 aromatic rings. The predicted octanol–water partition coefficient (Wildman–Crippen LogP) is 8.68. The second kappa shape index (κ2) is 30.4. The first-order valence-electron chi connectivity index (χ1n) is 17.9. The molecule has 47 heavy (non-hydrogen) atoms. The lowest BCUT2D eigenvalue weighted by atomic mass is 10.1. The van der Waals surface area contributed by atoms with Crippen molar-refractivity contribution in [3.05, 3.63) is 60.8 Å². The number of carboxylic acids is 1. The summed E-state index contributed by atoms with van der Waals surface area (Å²) in [5, 5.41) is 9.55. The number of allylic oxidation sites excluding steroid dienone is 10. The summed E-state index contributed by atoms with van der Waals surface area (Å²) in [4.78, 5) is 36.6. The third kappa shape index (κ3) is 28.9. The predicted molar refractivity (Wildman–Crippen MR) is 192 cm³/mol. The normalized spacial score (nSPS) is 13.8. The van der Waals surface area contributed by atoms with E-state index in [2.05, 4.69) is 26.0 Å². The summed E-state index contributed by atoms with van der Waals surface area (Å²) in [5.41, 5.74) is 0. The molecule has 0 aliphatic heterocycles. The maximum Gasteiger partial charge on any atom is 0.362 e. The van der Waals surface area contributed by atoms with Gasteiger partial charge in [-0.2, -0.15) is 0 Å². The molecule has 0 saturated heterocycles. The zero-order chi connectivity index (χ0) is 35.0. The van der Waals surface area contributed by atoms with Crippen LogP contribution in [-0.4, -0.2) is 80.6 Å². The Balaban J connectivity index is 4.56. The van der Waals surface area contributed by atoms with Gasteiger partial charge in [-0.3, -0.25) is 9.59 Å². The van der Waals surface area contributed by atoms with E-state index in [1.54, 1.807) is 0 Å². The van der Waals surface area contributed by atoms with Gasteiger partial charge < -0.3 is 23.8 Å². The standard InChI is InChI=1S/C39H65NO7/c1-6-8-10-12-14-16-17-18-19-20-21-22-24-26-28-30-38(42)47-35(33-45-32-31-36(39(43)44)40(3,4)5)34-46-37(41)29-27-25-23-15-13-11-9-7-2/h8,10,12,14,16-21,35-36H,6-7,9,11,13,15,22-34H2,1-5H3/p+1/b10-8+,14-12+,17-16+,19-18+,21-20+. The Morgan fingerprint density at radius 1 is 0.660 bits per heavy atom. The molecular weight excluding hydrogens is 594 g/mol. The van der Waals surface area contributed by atoms with Crippen LogP contribution in [0.25, 0.3) is 0 Å². The van der Waals surface area contributed by atoms with Crippen LogP contribution in [0.2, 0.25) is 0 Å². The molecule has 0 aliphatic rings. The monoisotopic (exact) mass is 660 g/mol. The van der Waals surface area contributed by atoms with E-state index < -0.39 is 18.1 Å². The summed E-state index contributed by atoms with van der Waals surface area (Å²) in [5.74, 6) is -1.54. The lowest BCUT2D eigenvalue weighted by molar-refractivity contribution is -0.887. The minimum Gasteiger partial charge on any atom is -0.477 e. The van der Waals surface area contributed by atoms with Crippen LogP contribution >= 0.6 is 0 Å². The Bertz CT molecular complexity index is 959. The fourth-order valence-electron chi connectivity index (χ4n) is 4.76. The molecule has 0 spiro atoms. The lowest BCUT2D eigenvalue weighted by Crippen LogP contribution is -2.50. The molecule has 0 heterocycles. The third-order valence-corrected chi connectivity index (χ3v) is 7.56. The number of carbonyl (C=O) groups is 3. The summed E-state index contributed by atoms with van der Waals surface area (Å²) in [6.45, 7) is 4.48. The molecule has 0 rings (SSSR count). The van der Waals surface area contributed by atoms with E-state index in [0.29, 0.717) is 19.3 Å². The largest absolute Gasteiger partial charge is 0.477 e. The number of unbranched alkanes of at least 4 members (excludes halogenated alkanes) is 10. The summed E-state index contributed by atoms with van der Waals surface area (Å²) in [6, 6.07) is -0.622. The summed E-state index contributed by atoms with van der Waals surface area (Å²) in [6.07, 6.45) is 34.1. The Morgan fingerprint density at radius 3 is 1.77 bits per heavy atom. The van der Waals surface area contributed by atoms with Crippen LogP contribution < -0.4 is 0 Å². The van der Waals surface area contributed by atoms with Crippen LogP contribution in [0.5, 0.6) is 0 Å². The molecule has 0 fully saturated rings. The van der Waals surface area contributed by atoms with E-state index in [1.807, 2.05) is 69.8 Å². The number of aliphatic carboxylic acids is 1. The number of hydrogen-bond donors (Lipinski definition) is 1. The van der Waals surface area contributed by atoms with Crippen molar-refractivity contribution in [3.8, 4) is 0 Å². The van der Waals surface area contributed by atoms with Gasteiger partial charge in [-0.1, -0.05) is 126 Å². The third-order valence-electron chi connectivity index (χ3n) is 7.56. The molecule has 8 heteroatoms. The molecule has 2 unspecified atom stereocenters. The quantitative estimate of drug-likeness (QED) is 0.0356. The van der Waals surface area contributed by atoms with Crippen LogP contribution in [0.4, 0.5) is 0 Å². The average Bonchev–Trinajstić information content (AvgIpc) is 3.01. The Labute approximate surface area is 286 Å². The number of carboxylic acid groups (broad SMARTS) is 1. The van der Waals surface area contributed by atoms with Crippen molar-refractivity contribution < 1.29 is 38.2 Å². The van der Waals surface area contributed by atoms with Gasteiger partial charge in [-0.15, -0.1) is 0 Å². The number of rotatable bonds is 30. The number of nitrogens with zero attached hydrogens (tertiary/aromatic N) is 1. The topological polar surface area (TPSA) is 99.1 Å². The van der Waals surface area contributed by atoms with Crippen molar-refractivity contribution >= 4 is 17.9 Å². The maximum absolute atomic E-state index is 12.6. The molecule has 1 N–H and O–H groups in total. The molecule has 268 valence electrons. The SMILES string of the molecule is CC/C=C/C=C/C=C/C=C/C=C/CCCCCC(=O)OC(COCCC(C(=O)O)[N+](C)(C)C)COC(=O)CCCCCCCCCC. The van der Waals surface area contributed by atoms with Gasteiger partial charge in [0, 0.05) is 19.3 Å². The van der Waals surface area contributed by atoms with Crippen molar-refractivity contribution in [3.63, 3.8) is 0 Å². The number of likely N-dealkylation sites (N-methyl/N-ethyl adjacent to an activating group) is 1. The number of carbonyl (C=O) groups excluding carboxylic acids is 2. The fourth-order valence-corrected chi connectivity index (χ4v) is 4.76. The van der Waals surface area contributed by atoms with Gasteiger partial charge in [0.15, 0.2) is 12.1 Å². The van der Waals surface area contributed by atoms with Crippen LogP contribution in [0.15, 0.2) is 60.8 Å². The maximum atomic E-state index is 12.6. The van der Waals surface area contributed by atoms with E-state index in [4.69, 9.17) is 14.2 Å². The first kappa shape index (κ1) is 44.0. The minimum atomic E-state index is -0.887. The lowest BCUT2D eigenvalue weighted by Gasteiger charge is -2.31. The van der Waals surface area contributed by atoms with Crippen molar-refractivity contribution in [1.29, 1.82) is 0 Å². The molecule has 0 radical (unpaired) electrons. The van der Waals surface area contributed by atoms with Crippen LogP contribution in [0.3, 0.4) is 0 Å². The Kier molecular flexibility index (Phi) is 28.4. The molecule has 0 aliphatic carbocycles. The smallest absolute Gasteiger partial charge is 0.362 e. The highest BCUT2D eigenvalue weighted by Gasteiger charge is 2.31. The van der Waals surface area contributed by atoms with E-state index in [1.165, 1.54) is 32.1 Å². The first-order chi connectivity index (χ1) is 22.6. The molecule has 0 bridgehead atoms. The zero-order valence-corrected chi connectivity index (χ0v) is 30.2. The average molecular weight is 661 g/mol. The van der Waals surface area contributed by atoms with E-state index in [-0.39, 0.29) is 42.7 Å². The number of hydrogen-bond acceptors (Lipinski definition) is 6. The molecule has 0 aromatic carbocycles. The molecule has 2 atom stereocenters. The number of quaternary nitrogens is 1. The second-order valence-corrected chi connectivity index (χ2v) is 12.9. The molecule has 0 amide bonds. The fraction of sp³-hybridized carbons (Fsp3) is 0.667. The van der Waals surface area contributed by atoms with Crippen LogP contribution in [-0.2, 0) is 28.6 Å². The van der Waals surface area contributed by atoms with Crippen molar-refractivity contribution in [2.75, 3.05) is 41.0 Å². The highest BCUT2D eigenvalue weighted by atomic mass is 16.6. The van der Waals surface area contributed by atoms with Crippen molar-refractivity contribution in [2.24, 2.45) is 0 Å². The number of esters is 2. The summed E-state index contributed by atoms with van der Waals surface area (Å²) >= 11 is 0. The molecule has 0 aromatic heterocycles. The minimum absolute atomic E-state index is 0.0416. The van der Waals surface area contributed by atoms with Crippen molar-refractivity contribution in [1.82, 2.24) is 0 Å². The van der Waals surface area contributed by atoms with Gasteiger partial charge >= 0.3 is 17.9 Å². The molecule has 8 nitrogen and oxygen atoms in total. The second-order valence-electron chi connectivity index (χ2n) is 12.9.